The summed E-state index contributed by atoms with van der Waals surface area (Å²) in [5, 5.41) is 0. The predicted molar refractivity (Wildman–Crippen MR) is 52.8 cm³/mol. The van der Waals surface area contributed by atoms with Gasteiger partial charge in [0.1, 0.15) is 11.6 Å². The first-order valence-corrected chi connectivity index (χ1v) is 1.40. The van der Waals surface area contributed by atoms with Gasteiger partial charge in [-0.1, -0.05) is 0 Å². The van der Waals surface area contributed by atoms with Gasteiger partial charge in [-0.25, -0.2) is 0 Å². The minimum Gasteiger partial charge on any atom is -0.383 e. The fourth-order valence-electron chi connectivity index (χ4n) is 0. The van der Waals surface area contributed by atoms with Crippen molar-refractivity contribution < 1.29 is 0 Å². The van der Waals surface area contributed by atoms with Crippen molar-refractivity contribution in [3.8, 4) is 0 Å². The van der Waals surface area contributed by atoms with E-state index in [1.54, 1.807) is 0 Å². The minimum atomic E-state index is -0.0185. The van der Waals surface area contributed by atoms with Gasteiger partial charge in [0.05, 0.1) is 0 Å². The van der Waals surface area contributed by atoms with Crippen molar-refractivity contribution in [2.24, 2.45) is 22.9 Å². The average Bonchev–Trinajstić information content (AvgIpc) is 1.36. The Kier molecular flexibility index (Phi) is 51.6. The van der Waals surface area contributed by atoms with Gasteiger partial charge in [-0.3, -0.25) is 0 Å². The van der Waals surface area contributed by atoms with E-state index in [0.29, 0.717) is 0 Å². The van der Waals surface area contributed by atoms with Gasteiger partial charge in [-0.2, -0.15) is 0 Å². The summed E-state index contributed by atoms with van der Waals surface area (Å²) in [6.45, 7) is 0. The van der Waals surface area contributed by atoms with Crippen LogP contribution in [0.3, 0.4) is 0 Å². The Morgan fingerprint density at radius 3 is 0.600 bits per heavy atom. The molecule has 0 aromatic carbocycles. The Bertz CT molecular complexity index is 65.3. The molecule has 0 saturated carbocycles. The van der Waals surface area contributed by atoms with Crippen molar-refractivity contribution >= 4 is 49.6 Å². The van der Waals surface area contributed by atoms with E-state index < -0.39 is 0 Å². The van der Waals surface area contributed by atoms with Gasteiger partial charge < -0.3 is 22.9 Å². The highest BCUT2D eigenvalue weighted by atomic mass is 35.5. The highest BCUT2D eigenvalue weighted by Gasteiger charge is 1.77. The number of nitrogens with two attached hydrogens (primary N) is 4. The van der Waals surface area contributed by atoms with Crippen LogP contribution in [0.25, 0.3) is 0 Å². The first-order chi connectivity index (χ1) is 2.64. The van der Waals surface area contributed by atoms with Crippen LogP contribution in [0.15, 0.2) is 11.6 Å². The van der Waals surface area contributed by atoms with Gasteiger partial charge in [-0.15, -0.1) is 49.6 Å². The smallest absolute Gasteiger partial charge is 0.134 e. The highest BCUT2D eigenvalue weighted by Crippen LogP contribution is 1.62. The molecular formula is C2H12Cl4N4. The van der Waals surface area contributed by atoms with Crippen LogP contribution >= 0.6 is 49.6 Å². The van der Waals surface area contributed by atoms with E-state index in [1.165, 1.54) is 0 Å². The molecule has 10 heavy (non-hydrogen) atoms. The molecule has 0 aromatic heterocycles. The summed E-state index contributed by atoms with van der Waals surface area (Å²) in [4.78, 5) is 0. The predicted octanol–water partition coefficient (Wildman–Crippen LogP) is -0.365. The van der Waals surface area contributed by atoms with Crippen molar-refractivity contribution in [3.05, 3.63) is 11.6 Å². The van der Waals surface area contributed by atoms with Gasteiger partial charge in [0.2, 0.25) is 0 Å². The first-order valence-electron chi connectivity index (χ1n) is 1.40. The molecule has 0 spiro atoms. The molecule has 0 heterocycles. The Hall–Kier alpha value is 0.1000. The lowest BCUT2D eigenvalue weighted by atomic mass is 10.7. The van der Waals surface area contributed by atoms with Crippen molar-refractivity contribution in [2.75, 3.05) is 0 Å². The van der Waals surface area contributed by atoms with Crippen molar-refractivity contribution in [2.45, 2.75) is 0 Å². The molecule has 0 aliphatic heterocycles. The van der Waals surface area contributed by atoms with Gasteiger partial charge in [0.15, 0.2) is 0 Å². The quantitative estimate of drug-likeness (QED) is 0.459. The molecular weight excluding hydrogens is 222 g/mol. The van der Waals surface area contributed by atoms with Crippen LogP contribution in [-0.4, -0.2) is 0 Å². The average molecular weight is 234 g/mol. The van der Waals surface area contributed by atoms with E-state index in [-0.39, 0.29) is 61.3 Å². The lowest BCUT2D eigenvalue weighted by Gasteiger charge is -1.89. The Balaban J connectivity index is -0.0000000208. The summed E-state index contributed by atoms with van der Waals surface area (Å²) in [5.41, 5.74) is 19.4. The van der Waals surface area contributed by atoms with E-state index in [2.05, 4.69) is 0 Å². The first kappa shape index (κ1) is 32.2. The molecule has 0 aliphatic carbocycles. The zero-order valence-electron chi connectivity index (χ0n) is 4.94. The van der Waals surface area contributed by atoms with Gasteiger partial charge in [-0.05, 0) is 0 Å². The van der Waals surface area contributed by atoms with E-state index in [4.69, 9.17) is 22.9 Å². The molecule has 4 nitrogen and oxygen atoms in total. The largest absolute Gasteiger partial charge is 0.383 e. The van der Waals surface area contributed by atoms with Gasteiger partial charge in [0.25, 0.3) is 0 Å². The van der Waals surface area contributed by atoms with E-state index in [1.807, 2.05) is 0 Å². The molecule has 0 rings (SSSR count). The topological polar surface area (TPSA) is 104 Å². The van der Waals surface area contributed by atoms with Crippen molar-refractivity contribution in [1.29, 1.82) is 0 Å². The summed E-state index contributed by atoms with van der Waals surface area (Å²) < 4.78 is 0. The Labute approximate surface area is 84.4 Å². The van der Waals surface area contributed by atoms with E-state index >= 15 is 0 Å². The van der Waals surface area contributed by atoms with Crippen LogP contribution in [0.2, 0.25) is 0 Å². The number of hydrogen-bond donors (Lipinski definition) is 4. The molecule has 8 heteroatoms. The molecule has 0 aromatic rings. The van der Waals surface area contributed by atoms with Gasteiger partial charge >= 0.3 is 0 Å². The molecule has 0 saturated heterocycles. The zero-order chi connectivity index (χ0) is 5.15. The maximum absolute atomic E-state index is 4.84. The molecule has 0 aliphatic rings. The monoisotopic (exact) mass is 232 g/mol. The summed E-state index contributed by atoms with van der Waals surface area (Å²) in [6.07, 6.45) is 0. The standard InChI is InChI=1S/C2H8N4.4ClH/c3-1(4)2(5)6;;;;/h3-6H2;4*1H. The minimum absolute atomic E-state index is 0. The zero-order valence-corrected chi connectivity index (χ0v) is 8.21. The Morgan fingerprint density at radius 2 is 0.600 bits per heavy atom. The fraction of sp³-hybridized carbons (Fsp3) is 0. The molecule has 0 radical (unpaired) electrons. The molecule has 0 fully saturated rings. The maximum Gasteiger partial charge on any atom is 0.134 e. The van der Waals surface area contributed by atoms with Crippen LogP contribution in [0.4, 0.5) is 0 Å². The van der Waals surface area contributed by atoms with Crippen LogP contribution in [0, 0.1) is 0 Å². The summed E-state index contributed by atoms with van der Waals surface area (Å²) in [6, 6.07) is 0. The number of rotatable bonds is 0. The van der Waals surface area contributed by atoms with Crippen LogP contribution < -0.4 is 22.9 Å². The lowest BCUT2D eigenvalue weighted by Crippen LogP contribution is -2.22. The van der Waals surface area contributed by atoms with Crippen LogP contribution in [0.5, 0.6) is 0 Å². The second-order valence-electron chi connectivity index (χ2n) is 0.911. The van der Waals surface area contributed by atoms with E-state index in [9.17, 15) is 0 Å². The third kappa shape index (κ3) is 24.3. The van der Waals surface area contributed by atoms with Crippen LogP contribution in [-0.2, 0) is 0 Å². The second kappa shape index (κ2) is 16.0. The second-order valence-corrected chi connectivity index (χ2v) is 0.911. The SMILES string of the molecule is Cl.Cl.Cl.Cl.NC(N)=C(N)N. The highest BCUT2D eigenvalue weighted by molar-refractivity contribution is 5.86. The molecule has 0 atom stereocenters. The summed E-state index contributed by atoms with van der Waals surface area (Å²) >= 11 is 0. The lowest BCUT2D eigenvalue weighted by molar-refractivity contribution is 1.09. The normalized spacial score (nSPS) is 4.40. The number of hydrogen-bond acceptors (Lipinski definition) is 4. The fourth-order valence-corrected chi connectivity index (χ4v) is 0. The molecule has 0 unspecified atom stereocenters. The Morgan fingerprint density at radius 1 is 0.500 bits per heavy atom. The summed E-state index contributed by atoms with van der Waals surface area (Å²) in [7, 11) is 0. The summed E-state index contributed by atoms with van der Waals surface area (Å²) in [5.74, 6) is -0.0370. The van der Waals surface area contributed by atoms with E-state index in [0.717, 1.165) is 0 Å². The van der Waals surface area contributed by atoms with Crippen molar-refractivity contribution in [3.63, 3.8) is 0 Å². The third-order valence-corrected chi connectivity index (χ3v) is 0.333. The maximum atomic E-state index is 4.84. The molecule has 0 amide bonds. The molecule has 0 bridgehead atoms. The third-order valence-electron chi connectivity index (χ3n) is 0.333. The van der Waals surface area contributed by atoms with Crippen LogP contribution in [0.1, 0.15) is 0 Å². The van der Waals surface area contributed by atoms with Gasteiger partial charge in [0, 0.05) is 0 Å². The number of halogens is 4. The van der Waals surface area contributed by atoms with Crippen molar-refractivity contribution in [1.82, 2.24) is 0 Å². The molecule has 68 valence electrons. The molecule has 8 N–H and O–H groups in total.